The molecule has 0 bridgehead atoms. The average Bonchev–Trinajstić information content (AvgIpc) is 2.38. The third kappa shape index (κ3) is 4.11. The van der Waals surface area contributed by atoms with E-state index >= 15 is 0 Å². The van der Waals surface area contributed by atoms with Crippen LogP contribution in [0.3, 0.4) is 0 Å². The lowest BCUT2D eigenvalue weighted by Crippen LogP contribution is -2.50. The molecule has 0 saturated carbocycles. The normalized spacial score (nSPS) is 21.6. The second kappa shape index (κ2) is 6.74. The van der Waals surface area contributed by atoms with Gasteiger partial charge in [-0.1, -0.05) is 30.3 Å². The van der Waals surface area contributed by atoms with E-state index in [0.29, 0.717) is 6.04 Å². The number of piperazine rings is 1. The minimum Gasteiger partial charge on any atom is -0.375 e. The van der Waals surface area contributed by atoms with Crippen LogP contribution >= 0.6 is 0 Å². The third-order valence-electron chi connectivity index (χ3n) is 3.27. The molecule has 1 saturated heterocycles. The molecule has 1 heterocycles. The second-order valence-corrected chi connectivity index (χ2v) is 4.63. The maximum atomic E-state index is 5.71. The van der Waals surface area contributed by atoms with Crippen LogP contribution in [0.5, 0.6) is 0 Å². The molecule has 1 N–H and O–H groups in total. The van der Waals surface area contributed by atoms with Crippen molar-refractivity contribution in [2.45, 2.75) is 19.6 Å². The molecule has 3 heteroatoms. The van der Waals surface area contributed by atoms with Crippen LogP contribution in [0.4, 0.5) is 0 Å². The lowest BCUT2D eigenvalue weighted by Gasteiger charge is -2.33. The van der Waals surface area contributed by atoms with Gasteiger partial charge in [0.15, 0.2) is 0 Å². The van der Waals surface area contributed by atoms with Gasteiger partial charge in [-0.2, -0.15) is 0 Å². The number of benzene rings is 1. The van der Waals surface area contributed by atoms with Crippen molar-refractivity contribution < 1.29 is 4.74 Å². The number of ether oxygens (including phenoxy) is 1. The predicted octanol–water partition coefficient (Wildman–Crippen LogP) is 1.50. The number of hydrogen-bond donors (Lipinski definition) is 1. The van der Waals surface area contributed by atoms with E-state index in [0.717, 1.165) is 39.4 Å². The minimum absolute atomic E-state index is 0.629. The molecule has 1 unspecified atom stereocenters. The predicted molar refractivity (Wildman–Crippen MR) is 70.0 cm³/mol. The summed E-state index contributed by atoms with van der Waals surface area (Å²) in [5.74, 6) is 0. The van der Waals surface area contributed by atoms with Gasteiger partial charge in [0.25, 0.3) is 0 Å². The fraction of sp³-hybridized carbons (Fsp3) is 0.571. The Morgan fingerprint density at radius 2 is 2.18 bits per heavy atom. The van der Waals surface area contributed by atoms with Crippen molar-refractivity contribution >= 4 is 0 Å². The summed E-state index contributed by atoms with van der Waals surface area (Å²) < 4.78 is 5.71. The highest BCUT2D eigenvalue weighted by molar-refractivity contribution is 5.13. The molecule has 1 aromatic carbocycles. The Balaban J connectivity index is 1.63. The van der Waals surface area contributed by atoms with E-state index in [2.05, 4.69) is 41.4 Å². The van der Waals surface area contributed by atoms with Crippen LogP contribution in [0, 0.1) is 0 Å². The van der Waals surface area contributed by atoms with Crippen LogP contribution in [0.1, 0.15) is 12.5 Å². The van der Waals surface area contributed by atoms with E-state index in [9.17, 15) is 0 Å². The van der Waals surface area contributed by atoms with E-state index in [-0.39, 0.29) is 0 Å². The molecule has 2 rings (SSSR count). The molecule has 0 radical (unpaired) electrons. The summed E-state index contributed by atoms with van der Waals surface area (Å²) in [4.78, 5) is 2.49. The topological polar surface area (TPSA) is 24.5 Å². The molecule has 1 aromatic rings. The van der Waals surface area contributed by atoms with E-state index in [1.165, 1.54) is 5.56 Å². The van der Waals surface area contributed by atoms with E-state index in [4.69, 9.17) is 4.74 Å². The minimum atomic E-state index is 0.629. The first kappa shape index (κ1) is 12.6. The maximum Gasteiger partial charge on any atom is 0.0717 e. The van der Waals surface area contributed by atoms with Gasteiger partial charge in [-0.05, 0) is 12.5 Å². The van der Waals surface area contributed by atoms with Gasteiger partial charge in [-0.15, -0.1) is 0 Å². The Bertz CT molecular complexity index is 315. The molecule has 1 aliphatic rings. The van der Waals surface area contributed by atoms with Crippen LogP contribution < -0.4 is 5.32 Å². The van der Waals surface area contributed by atoms with E-state index < -0.39 is 0 Å². The summed E-state index contributed by atoms with van der Waals surface area (Å²) in [6.45, 7) is 8.18. The first-order chi connectivity index (χ1) is 8.36. The lowest BCUT2D eigenvalue weighted by molar-refractivity contribution is 0.0726. The zero-order valence-electron chi connectivity index (χ0n) is 10.6. The summed E-state index contributed by atoms with van der Waals surface area (Å²) in [5, 5.41) is 3.40. The van der Waals surface area contributed by atoms with Crippen molar-refractivity contribution in [2.75, 3.05) is 32.8 Å². The third-order valence-corrected chi connectivity index (χ3v) is 3.27. The van der Waals surface area contributed by atoms with Gasteiger partial charge in [-0.25, -0.2) is 0 Å². The molecule has 1 aliphatic heterocycles. The smallest absolute Gasteiger partial charge is 0.0717 e. The molecular formula is C14H22N2O. The number of nitrogens with one attached hydrogen (secondary N) is 1. The number of hydrogen-bond acceptors (Lipinski definition) is 3. The number of rotatable bonds is 5. The highest BCUT2D eigenvalue weighted by Gasteiger charge is 2.16. The second-order valence-electron chi connectivity index (χ2n) is 4.63. The fourth-order valence-electron chi connectivity index (χ4n) is 2.16. The van der Waals surface area contributed by atoms with Gasteiger partial charge in [0.05, 0.1) is 13.2 Å². The van der Waals surface area contributed by atoms with Crippen molar-refractivity contribution in [1.29, 1.82) is 0 Å². The van der Waals surface area contributed by atoms with Crippen molar-refractivity contribution in [1.82, 2.24) is 10.2 Å². The first-order valence-corrected chi connectivity index (χ1v) is 6.42. The highest BCUT2D eigenvalue weighted by Crippen LogP contribution is 2.03. The molecule has 3 nitrogen and oxygen atoms in total. The van der Waals surface area contributed by atoms with Gasteiger partial charge >= 0.3 is 0 Å². The SMILES string of the molecule is CC1CNCCN1CCOCc1ccccc1. The summed E-state index contributed by atoms with van der Waals surface area (Å²) in [5.41, 5.74) is 1.25. The highest BCUT2D eigenvalue weighted by atomic mass is 16.5. The summed E-state index contributed by atoms with van der Waals surface area (Å²) in [6.07, 6.45) is 0. The van der Waals surface area contributed by atoms with Crippen LogP contribution in [0.15, 0.2) is 30.3 Å². The van der Waals surface area contributed by atoms with Gasteiger partial charge in [0.2, 0.25) is 0 Å². The zero-order chi connectivity index (χ0) is 11.9. The van der Waals surface area contributed by atoms with E-state index in [1.54, 1.807) is 0 Å². The zero-order valence-corrected chi connectivity index (χ0v) is 10.6. The summed E-state index contributed by atoms with van der Waals surface area (Å²) >= 11 is 0. The van der Waals surface area contributed by atoms with Crippen molar-refractivity contribution in [3.63, 3.8) is 0 Å². The van der Waals surface area contributed by atoms with Gasteiger partial charge in [0, 0.05) is 32.2 Å². The van der Waals surface area contributed by atoms with Gasteiger partial charge in [-0.3, -0.25) is 4.90 Å². The molecular weight excluding hydrogens is 212 g/mol. The maximum absolute atomic E-state index is 5.71. The van der Waals surface area contributed by atoms with Gasteiger partial charge < -0.3 is 10.1 Å². The van der Waals surface area contributed by atoms with Crippen LogP contribution in [-0.4, -0.2) is 43.7 Å². The fourth-order valence-corrected chi connectivity index (χ4v) is 2.16. The Morgan fingerprint density at radius 1 is 1.35 bits per heavy atom. The molecule has 0 aromatic heterocycles. The molecule has 0 spiro atoms. The Hall–Kier alpha value is -0.900. The molecule has 1 atom stereocenters. The van der Waals surface area contributed by atoms with E-state index in [1.807, 2.05) is 6.07 Å². The molecule has 0 amide bonds. The molecule has 17 heavy (non-hydrogen) atoms. The van der Waals surface area contributed by atoms with Crippen LogP contribution in [-0.2, 0) is 11.3 Å². The Morgan fingerprint density at radius 3 is 2.94 bits per heavy atom. The van der Waals surface area contributed by atoms with Crippen molar-refractivity contribution in [2.24, 2.45) is 0 Å². The Labute approximate surface area is 104 Å². The largest absolute Gasteiger partial charge is 0.375 e. The van der Waals surface area contributed by atoms with Crippen molar-refractivity contribution in [3.8, 4) is 0 Å². The summed E-state index contributed by atoms with van der Waals surface area (Å²) in [6, 6.07) is 11.0. The van der Waals surface area contributed by atoms with Crippen LogP contribution in [0.2, 0.25) is 0 Å². The molecule has 94 valence electrons. The quantitative estimate of drug-likeness (QED) is 0.781. The standard InChI is InChI=1S/C14H22N2O/c1-13-11-15-7-8-16(13)9-10-17-12-14-5-3-2-4-6-14/h2-6,13,15H,7-12H2,1H3. The average molecular weight is 234 g/mol. The van der Waals surface area contributed by atoms with Crippen LogP contribution in [0.25, 0.3) is 0 Å². The number of nitrogens with zero attached hydrogens (tertiary/aromatic N) is 1. The first-order valence-electron chi connectivity index (χ1n) is 6.42. The molecule has 1 fully saturated rings. The molecule has 0 aliphatic carbocycles. The summed E-state index contributed by atoms with van der Waals surface area (Å²) in [7, 11) is 0. The lowest BCUT2D eigenvalue weighted by atomic mass is 10.2. The van der Waals surface area contributed by atoms with Gasteiger partial charge in [0.1, 0.15) is 0 Å². The monoisotopic (exact) mass is 234 g/mol. The van der Waals surface area contributed by atoms with Crippen molar-refractivity contribution in [3.05, 3.63) is 35.9 Å². The Kier molecular flexibility index (Phi) is 4.98.